The molecule has 0 unspecified atom stereocenters. The van der Waals surface area contributed by atoms with Crippen LogP contribution in [0.15, 0.2) is 30.3 Å². The minimum Gasteiger partial charge on any atom is -0.372 e. The van der Waals surface area contributed by atoms with E-state index in [0.717, 1.165) is 39.1 Å². The van der Waals surface area contributed by atoms with Crippen LogP contribution in [-0.4, -0.2) is 68.3 Å². The molecule has 138 valence electrons. The summed E-state index contributed by atoms with van der Waals surface area (Å²) >= 11 is 0. The van der Waals surface area contributed by atoms with Crippen LogP contribution in [0.3, 0.4) is 0 Å². The summed E-state index contributed by atoms with van der Waals surface area (Å²) in [6.07, 6.45) is 3.39. The van der Waals surface area contributed by atoms with Crippen molar-refractivity contribution in [2.45, 2.75) is 31.4 Å². The van der Waals surface area contributed by atoms with Gasteiger partial charge in [-0.3, -0.25) is 9.69 Å². The van der Waals surface area contributed by atoms with E-state index in [2.05, 4.69) is 35.2 Å². The highest BCUT2D eigenvalue weighted by atomic mass is 16.5. The third-order valence-electron chi connectivity index (χ3n) is 5.48. The zero-order valence-electron chi connectivity index (χ0n) is 15.4. The van der Waals surface area contributed by atoms with E-state index in [1.807, 2.05) is 0 Å². The molecule has 1 saturated carbocycles. The predicted molar refractivity (Wildman–Crippen MR) is 97.3 cm³/mol. The lowest BCUT2D eigenvalue weighted by Gasteiger charge is -2.44. The monoisotopic (exact) mass is 346 g/mol. The molecular weight excluding hydrogens is 316 g/mol. The van der Waals surface area contributed by atoms with Crippen LogP contribution in [0.5, 0.6) is 0 Å². The first-order valence-corrected chi connectivity index (χ1v) is 9.27. The number of ether oxygens (including phenoxy) is 2. The smallest absolute Gasteiger partial charge is 0.248 e. The highest BCUT2D eigenvalue weighted by Crippen LogP contribution is 2.41. The zero-order chi connectivity index (χ0) is 17.7. The van der Waals surface area contributed by atoms with Crippen LogP contribution in [0.2, 0.25) is 0 Å². The predicted octanol–water partition coefficient (Wildman–Crippen LogP) is 2.16. The summed E-state index contributed by atoms with van der Waals surface area (Å²) in [6, 6.07) is 10.6. The molecule has 0 radical (unpaired) electrons. The van der Waals surface area contributed by atoms with Crippen molar-refractivity contribution in [3.8, 4) is 0 Å². The number of likely N-dealkylation sites (N-methyl/N-ethyl adjacent to an activating group) is 1. The Morgan fingerprint density at radius 3 is 2.92 bits per heavy atom. The van der Waals surface area contributed by atoms with Crippen LogP contribution in [-0.2, 0) is 20.8 Å². The Kier molecular flexibility index (Phi) is 6.10. The number of morpholine rings is 1. The molecule has 0 bridgehead atoms. The van der Waals surface area contributed by atoms with Gasteiger partial charge in [0.15, 0.2) is 0 Å². The summed E-state index contributed by atoms with van der Waals surface area (Å²) in [5.74, 6) is 0.392. The van der Waals surface area contributed by atoms with Gasteiger partial charge in [-0.25, -0.2) is 0 Å². The van der Waals surface area contributed by atoms with E-state index in [1.54, 1.807) is 19.0 Å². The molecule has 0 aromatic heterocycles. The molecule has 0 N–H and O–H groups in total. The van der Waals surface area contributed by atoms with Crippen molar-refractivity contribution in [1.29, 1.82) is 0 Å². The van der Waals surface area contributed by atoms with Gasteiger partial charge in [-0.1, -0.05) is 36.8 Å². The third-order valence-corrected chi connectivity index (χ3v) is 5.48. The Morgan fingerprint density at radius 2 is 2.16 bits per heavy atom. The largest absolute Gasteiger partial charge is 0.372 e. The van der Waals surface area contributed by atoms with Crippen LogP contribution >= 0.6 is 0 Å². The number of hydrogen-bond donors (Lipinski definition) is 0. The first kappa shape index (κ1) is 18.4. The molecule has 1 saturated heterocycles. The maximum atomic E-state index is 11.7. The molecule has 2 aliphatic rings. The van der Waals surface area contributed by atoms with Crippen molar-refractivity contribution in [2.75, 3.05) is 47.0 Å². The molecule has 2 fully saturated rings. The number of rotatable bonds is 6. The van der Waals surface area contributed by atoms with Gasteiger partial charge in [-0.15, -0.1) is 0 Å². The Balaban J connectivity index is 1.56. The van der Waals surface area contributed by atoms with E-state index >= 15 is 0 Å². The average molecular weight is 346 g/mol. The van der Waals surface area contributed by atoms with Crippen molar-refractivity contribution >= 4 is 5.91 Å². The fourth-order valence-electron chi connectivity index (χ4n) is 4.02. The fourth-order valence-corrected chi connectivity index (χ4v) is 4.02. The fraction of sp³-hybridized carbons (Fsp3) is 0.650. The normalized spacial score (nSPS) is 26.9. The number of nitrogens with zero attached hydrogens (tertiary/aromatic N) is 2. The van der Waals surface area contributed by atoms with Crippen molar-refractivity contribution in [3.63, 3.8) is 0 Å². The third kappa shape index (κ3) is 4.60. The molecular formula is C20H30N2O3. The molecule has 1 aromatic carbocycles. The topological polar surface area (TPSA) is 42.0 Å². The van der Waals surface area contributed by atoms with E-state index in [-0.39, 0.29) is 18.1 Å². The van der Waals surface area contributed by atoms with Crippen LogP contribution in [0.1, 0.15) is 24.8 Å². The molecule has 5 heteroatoms. The van der Waals surface area contributed by atoms with Gasteiger partial charge >= 0.3 is 0 Å². The summed E-state index contributed by atoms with van der Waals surface area (Å²) in [7, 11) is 3.52. The van der Waals surface area contributed by atoms with Gasteiger partial charge in [0.1, 0.15) is 6.61 Å². The van der Waals surface area contributed by atoms with E-state index in [9.17, 15) is 4.79 Å². The van der Waals surface area contributed by atoms with E-state index < -0.39 is 0 Å². The number of amides is 1. The second-order valence-corrected chi connectivity index (χ2v) is 7.50. The SMILES string of the molecule is CN(C)C(=O)COC[C@@H]1CCC[C@@]12CN(Cc1ccccc1)CCO2. The van der Waals surface area contributed by atoms with Crippen molar-refractivity contribution in [1.82, 2.24) is 9.80 Å². The molecule has 1 aromatic rings. The standard InChI is InChI=1S/C20H30N2O3/c1-21(2)19(23)15-24-14-18-9-6-10-20(18)16-22(11-12-25-20)13-17-7-4-3-5-8-17/h3-5,7-8,18H,6,9-16H2,1-2H3/t18-,20+/m0/s1. The molecule has 3 rings (SSSR count). The minimum absolute atomic E-state index is 0.0160. The molecule has 5 nitrogen and oxygen atoms in total. The summed E-state index contributed by atoms with van der Waals surface area (Å²) in [4.78, 5) is 15.8. The second-order valence-electron chi connectivity index (χ2n) is 7.50. The number of carbonyl (C=O) groups excluding carboxylic acids is 1. The van der Waals surface area contributed by atoms with E-state index in [1.165, 1.54) is 12.0 Å². The van der Waals surface area contributed by atoms with Gasteiger partial charge in [-0.05, 0) is 18.4 Å². The molecule has 1 amide bonds. The summed E-state index contributed by atoms with van der Waals surface area (Å²) in [6.45, 7) is 4.45. The summed E-state index contributed by atoms with van der Waals surface area (Å²) < 4.78 is 12.0. The maximum absolute atomic E-state index is 11.7. The Hall–Kier alpha value is -1.43. The molecule has 1 aliphatic carbocycles. The lowest BCUT2D eigenvalue weighted by molar-refractivity contribution is -0.149. The molecule has 1 aliphatic heterocycles. The van der Waals surface area contributed by atoms with Crippen molar-refractivity contribution in [2.24, 2.45) is 5.92 Å². The number of hydrogen-bond acceptors (Lipinski definition) is 4. The van der Waals surface area contributed by atoms with Gasteiger partial charge in [0.25, 0.3) is 0 Å². The molecule has 2 atom stereocenters. The number of carbonyl (C=O) groups is 1. The molecule has 1 spiro atoms. The minimum atomic E-state index is -0.103. The Morgan fingerprint density at radius 1 is 1.36 bits per heavy atom. The first-order valence-electron chi connectivity index (χ1n) is 9.27. The summed E-state index contributed by atoms with van der Waals surface area (Å²) in [5, 5.41) is 0. The quantitative estimate of drug-likeness (QED) is 0.792. The Labute approximate surface area is 150 Å². The molecule has 1 heterocycles. The van der Waals surface area contributed by atoms with Crippen LogP contribution in [0.25, 0.3) is 0 Å². The van der Waals surface area contributed by atoms with E-state index in [0.29, 0.717) is 12.5 Å². The van der Waals surface area contributed by atoms with E-state index in [4.69, 9.17) is 9.47 Å². The van der Waals surface area contributed by atoms with Crippen LogP contribution in [0, 0.1) is 5.92 Å². The van der Waals surface area contributed by atoms with Gasteiger partial charge < -0.3 is 14.4 Å². The summed E-state index contributed by atoms with van der Waals surface area (Å²) in [5.41, 5.74) is 1.25. The Bertz CT molecular complexity index is 563. The highest BCUT2D eigenvalue weighted by Gasteiger charge is 2.46. The highest BCUT2D eigenvalue weighted by molar-refractivity contribution is 5.76. The van der Waals surface area contributed by atoms with Crippen molar-refractivity contribution in [3.05, 3.63) is 35.9 Å². The molecule has 25 heavy (non-hydrogen) atoms. The van der Waals surface area contributed by atoms with Gasteiger partial charge in [-0.2, -0.15) is 0 Å². The first-order chi connectivity index (χ1) is 12.1. The van der Waals surface area contributed by atoms with Gasteiger partial charge in [0, 0.05) is 39.6 Å². The number of benzene rings is 1. The maximum Gasteiger partial charge on any atom is 0.248 e. The second kappa shape index (κ2) is 8.30. The van der Waals surface area contributed by atoms with Gasteiger partial charge in [0.05, 0.1) is 18.8 Å². The lowest BCUT2D eigenvalue weighted by Crippen LogP contribution is -2.54. The van der Waals surface area contributed by atoms with Crippen molar-refractivity contribution < 1.29 is 14.3 Å². The average Bonchev–Trinajstić information content (AvgIpc) is 2.97. The van der Waals surface area contributed by atoms with Crippen LogP contribution in [0.4, 0.5) is 0 Å². The van der Waals surface area contributed by atoms with Gasteiger partial charge in [0.2, 0.25) is 5.91 Å². The lowest BCUT2D eigenvalue weighted by atomic mass is 9.89. The van der Waals surface area contributed by atoms with Crippen LogP contribution < -0.4 is 0 Å². The zero-order valence-corrected chi connectivity index (χ0v) is 15.4.